The number of nitrogens with one attached hydrogen (secondary N) is 1. The van der Waals surface area contributed by atoms with E-state index in [0.29, 0.717) is 6.04 Å². The third-order valence-electron chi connectivity index (χ3n) is 3.62. The van der Waals surface area contributed by atoms with E-state index in [2.05, 4.69) is 29.3 Å². The zero-order chi connectivity index (χ0) is 11.3. The van der Waals surface area contributed by atoms with Gasteiger partial charge in [0.05, 0.1) is 0 Å². The standard InChI is InChI=1S/C11H24N4/c1-4-9-5-7-10(8-6-9)15(3)11(13-2)14-12/h9-10H,4-8,12H2,1-3H3,(H,13,14). The van der Waals surface area contributed by atoms with Crippen molar-refractivity contribution in [2.75, 3.05) is 14.1 Å². The lowest BCUT2D eigenvalue weighted by atomic mass is 9.84. The summed E-state index contributed by atoms with van der Waals surface area (Å²) in [6, 6.07) is 0.600. The van der Waals surface area contributed by atoms with Gasteiger partial charge in [-0.3, -0.25) is 10.4 Å². The molecule has 88 valence electrons. The summed E-state index contributed by atoms with van der Waals surface area (Å²) in [5.41, 5.74) is 2.65. The first kappa shape index (κ1) is 12.3. The Kier molecular flexibility index (Phi) is 4.88. The highest BCUT2D eigenvalue weighted by Gasteiger charge is 2.24. The number of hydrogen-bond donors (Lipinski definition) is 2. The Labute approximate surface area is 92.9 Å². The second kappa shape index (κ2) is 5.95. The predicted octanol–water partition coefficient (Wildman–Crippen LogP) is 1.34. The van der Waals surface area contributed by atoms with Gasteiger partial charge in [0, 0.05) is 20.1 Å². The molecule has 0 aromatic rings. The minimum atomic E-state index is 0.600. The largest absolute Gasteiger partial charge is 0.342 e. The summed E-state index contributed by atoms with van der Waals surface area (Å²) in [6.45, 7) is 2.29. The van der Waals surface area contributed by atoms with Gasteiger partial charge in [0.1, 0.15) is 0 Å². The lowest BCUT2D eigenvalue weighted by Crippen LogP contribution is -2.48. The first-order chi connectivity index (χ1) is 7.22. The van der Waals surface area contributed by atoms with E-state index in [-0.39, 0.29) is 0 Å². The van der Waals surface area contributed by atoms with E-state index >= 15 is 0 Å². The van der Waals surface area contributed by atoms with Crippen molar-refractivity contribution in [2.45, 2.75) is 45.1 Å². The maximum Gasteiger partial charge on any atom is 0.208 e. The van der Waals surface area contributed by atoms with Crippen molar-refractivity contribution in [3.8, 4) is 0 Å². The summed E-state index contributed by atoms with van der Waals surface area (Å²) in [7, 11) is 3.84. The van der Waals surface area contributed by atoms with Crippen molar-refractivity contribution in [1.29, 1.82) is 0 Å². The minimum absolute atomic E-state index is 0.600. The van der Waals surface area contributed by atoms with Gasteiger partial charge in [0.25, 0.3) is 0 Å². The van der Waals surface area contributed by atoms with Gasteiger partial charge in [-0.25, -0.2) is 5.84 Å². The van der Waals surface area contributed by atoms with Crippen LogP contribution in [0, 0.1) is 5.92 Å². The van der Waals surface area contributed by atoms with Crippen LogP contribution in [-0.2, 0) is 0 Å². The summed E-state index contributed by atoms with van der Waals surface area (Å²) in [5.74, 6) is 7.14. The maximum absolute atomic E-state index is 5.42. The first-order valence-corrected chi connectivity index (χ1v) is 5.89. The number of rotatable bonds is 2. The van der Waals surface area contributed by atoms with Gasteiger partial charge in [0.2, 0.25) is 5.96 Å². The molecule has 0 unspecified atom stereocenters. The fourth-order valence-corrected chi connectivity index (χ4v) is 2.44. The highest BCUT2D eigenvalue weighted by molar-refractivity contribution is 5.79. The Morgan fingerprint density at radius 3 is 2.40 bits per heavy atom. The molecular weight excluding hydrogens is 188 g/mol. The summed E-state index contributed by atoms with van der Waals surface area (Å²) in [5, 5.41) is 0. The lowest BCUT2D eigenvalue weighted by molar-refractivity contribution is 0.222. The van der Waals surface area contributed by atoms with E-state index in [4.69, 9.17) is 5.84 Å². The normalized spacial score (nSPS) is 27.6. The number of aliphatic imine (C=N–C) groups is 1. The summed E-state index contributed by atoms with van der Waals surface area (Å²) in [4.78, 5) is 6.30. The fourth-order valence-electron chi connectivity index (χ4n) is 2.44. The maximum atomic E-state index is 5.42. The quantitative estimate of drug-likeness (QED) is 0.314. The van der Waals surface area contributed by atoms with Gasteiger partial charge in [-0.2, -0.15) is 0 Å². The van der Waals surface area contributed by atoms with E-state index in [1.54, 1.807) is 7.05 Å². The van der Waals surface area contributed by atoms with Crippen LogP contribution in [0.1, 0.15) is 39.0 Å². The molecule has 1 aliphatic carbocycles. The third kappa shape index (κ3) is 3.09. The van der Waals surface area contributed by atoms with Crippen LogP contribution in [0.5, 0.6) is 0 Å². The van der Waals surface area contributed by atoms with E-state index < -0.39 is 0 Å². The molecule has 0 saturated heterocycles. The van der Waals surface area contributed by atoms with Crippen LogP contribution in [-0.4, -0.2) is 31.0 Å². The van der Waals surface area contributed by atoms with Gasteiger partial charge in [-0.1, -0.05) is 13.3 Å². The Bertz CT molecular complexity index is 207. The van der Waals surface area contributed by atoms with Gasteiger partial charge in [-0.05, 0) is 31.6 Å². The molecule has 1 aliphatic rings. The molecule has 0 aromatic heterocycles. The molecule has 0 aromatic carbocycles. The van der Waals surface area contributed by atoms with Crippen molar-refractivity contribution < 1.29 is 0 Å². The molecule has 3 N–H and O–H groups in total. The first-order valence-electron chi connectivity index (χ1n) is 5.89. The van der Waals surface area contributed by atoms with Crippen molar-refractivity contribution in [1.82, 2.24) is 10.3 Å². The van der Waals surface area contributed by atoms with Crippen LogP contribution in [0.3, 0.4) is 0 Å². The van der Waals surface area contributed by atoms with Gasteiger partial charge in [-0.15, -0.1) is 0 Å². The molecule has 1 saturated carbocycles. The second-order valence-corrected chi connectivity index (χ2v) is 4.39. The highest BCUT2D eigenvalue weighted by Crippen LogP contribution is 2.28. The predicted molar refractivity (Wildman–Crippen MR) is 64.5 cm³/mol. The molecular formula is C11H24N4. The number of hydrogen-bond acceptors (Lipinski definition) is 2. The molecule has 0 spiro atoms. The summed E-state index contributed by atoms with van der Waals surface area (Å²) >= 11 is 0. The average Bonchev–Trinajstić information content (AvgIpc) is 2.30. The Balaban J connectivity index is 2.45. The average molecular weight is 212 g/mol. The highest BCUT2D eigenvalue weighted by atomic mass is 15.4. The molecule has 1 rings (SSSR count). The van der Waals surface area contributed by atoms with Gasteiger partial charge < -0.3 is 4.90 Å². The van der Waals surface area contributed by atoms with Crippen LogP contribution in [0.4, 0.5) is 0 Å². The topological polar surface area (TPSA) is 53.6 Å². The molecule has 0 bridgehead atoms. The van der Waals surface area contributed by atoms with Crippen LogP contribution in [0.2, 0.25) is 0 Å². The number of nitrogens with zero attached hydrogens (tertiary/aromatic N) is 2. The molecule has 0 atom stereocenters. The molecule has 4 nitrogen and oxygen atoms in total. The monoisotopic (exact) mass is 212 g/mol. The molecule has 4 heteroatoms. The van der Waals surface area contributed by atoms with E-state index in [1.165, 1.54) is 32.1 Å². The van der Waals surface area contributed by atoms with E-state index in [1.807, 2.05) is 0 Å². The zero-order valence-corrected chi connectivity index (χ0v) is 10.2. The molecule has 15 heavy (non-hydrogen) atoms. The van der Waals surface area contributed by atoms with E-state index in [9.17, 15) is 0 Å². The minimum Gasteiger partial charge on any atom is -0.342 e. The smallest absolute Gasteiger partial charge is 0.208 e. The van der Waals surface area contributed by atoms with Crippen LogP contribution < -0.4 is 11.3 Å². The second-order valence-electron chi connectivity index (χ2n) is 4.39. The Morgan fingerprint density at radius 1 is 1.40 bits per heavy atom. The van der Waals surface area contributed by atoms with Gasteiger partial charge in [0.15, 0.2) is 0 Å². The van der Waals surface area contributed by atoms with Crippen molar-refractivity contribution >= 4 is 5.96 Å². The molecule has 0 radical (unpaired) electrons. The molecule has 0 aliphatic heterocycles. The SMILES string of the molecule is CCC1CCC(N(C)C(=NC)NN)CC1. The van der Waals surface area contributed by atoms with Crippen molar-refractivity contribution in [3.05, 3.63) is 0 Å². The Morgan fingerprint density at radius 2 is 2.00 bits per heavy atom. The molecule has 0 amide bonds. The number of hydrazine groups is 1. The van der Waals surface area contributed by atoms with Crippen LogP contribution >= 0.6 is 0 Å². The van der Waals surface area contributed by atoms with Crippen molar-refractivity contribution in [2.24, 2.45) is 16.8 Å². The summed E-state index contributed by atoms with van der Waals surface area (Å²) < 4.78 is 0. The molecule has 1 fully saturated rings. The Hall–Kier alpha value is -0.770. The lowest BCUT2D eigenvalue weighted by Gasteiger charge is -2.35. The number of nitrogens with two attached hydrogens (primary N) is 1. The molecule has 0 heterocycles. The third-order valence-corrected chi connectivity index (χ3v) is 3.62. The van der Waals surface area contributed by atoms with Crippen molar-refractivity contribution in [3.63, 3.8) is 0 Å². The fraction of sp³-hybridized carbons (Fsp3) is 0.909. The zero-order valence-electron chi connectivity index (χ0n) is 10.2. The van der Waals surface area contributed by atoms with Crippen LogP contribution in [0.15, 0.2) is 4.99 Å². The number of guanidine groups is 1. The van der Waals surface area contributed by atoms with Crippen LogP contribution in [0.25, 0.3) is 0 Å². The summed E-state index contributed by atoms with van der Waals surface area (Å²) in [6.07, 6.45) is 6.52. The van der Waals surface area contributed by atoms with E-state index in [0.717, 1.165) is 11.9 Å². The van der Waals surface area contributed by atoms with Gasteiger partial charge >= 0.3 is 0 Å².